The molecule has 2 aromatic carbocycles. The highest BCUT2D eigenvalue weighted by Crippen LogP contribution is 2.19. The van der Waals surface area contributed by atoms with Crippen LogP contribution in [0.1, 0.15) is 30.9 Å². The van der Waals surface area contributed by atoms with E-state index < -0.39 is 18.3 Å². The van der Waals surface area contributed by atoms with E-state index in [-0.39, 0.29) is 5.70 Å². The number of esters is 1. The average Bonchev–Trinajstić information content (AvgIpc) is 2.73. The Morgan fingerprint density at radius 1 is 1.14 bits per heavy atom. The molecular formula is C23H30N2O4. The molecule has 0 spiro atoms. The quantitative estimate of drug-likeness (QED) is 0.323. The minimum absolute atomic E-state index is 0.0118. The van der Waals surface area contributed by atoms with E-state index in [0.717, 1.165) is 18.4 Å². The standard InChI is InChI=1S/C23H30N2O4/c1-16(8-9-17-6-4-3-5-7-17)14-21(26)22(25)29-19-12-10-18(11-13-19)15-20(24)23(27)28-2/h3-7,10-13,15-16,21-22,26H,8-9,14,24-25H2,1-2H3/b20-15-. The Morgan fingerprint density at radius 2 is 1.79 bits per heavy atom. The first kappa shape index (κ1) is 22.5. The van der Waals surface area contributed by atoms with Gasteiger partial charge < -0.3 is 20.3 Å². The molecule has 0 aromatic heterocycles. The van der Waals surface area contributed by atoms with Crippen LogP contribution in [0.2, 0.25) is 0 Å². The molecule has 3 unspecified atom stereocenters. The van der Waals surface area contributed by atoms with Crippen molar-refractivity contribution in [1.82, 2.24) is 0 Å². The number of aliphatic hydroxyl groups excluding tert-OH is 1. The largest absolute Gasteiger partial charge is 0.473 e. The first-order valence-corrected chi connectivity index (χ1v) is 9.68. The van der Waals surface area contributed by atoms with Crippen molar-refractivity contribution in [3.8, 4) is 5.75 Å². The lowest BCUT2D eigenvalue weighted by molar-refractivity contribution is -0.136. The van der Waals surface area contributed by atoms with Gasteiger partial charge in [-0.25, -0.2) is 4.79 Å². The maximum atomic E-state index is 11.3. The lowest BCUT2D eigenvalue weighted by Crippen LogP contribution is -2.40. The van der Waals surface area contributed by atoms with E-state index in [1.807, 2.05) is 18.2 Å². The number of aliphatic hydroxyl groups is 1. The Bertz CT molecular complexity index is 790. The molecule has 0 amide bonds. The third-order valence-corrected chi connectivity index (χ3v) is 4.69. The molecule has 6 nitrogen and oxygen atoms in total. The summed E-state index contributed by atoms with van der Waals surface area (Å²) in [5, 5.41) is 10.4. The van der Waals surface area contributed by atoms with Gasteiger partial charge in [-0.05, 0) is 54.5 Å². The summed E-state index contributed by atoms with van der Waals surface area (Å²) in [7, 11) is 1.27. The molecule has 0 saturated carbocycles. The lowest BCUT2D eigenvalue weighted by Gasteiger charge is -2.23. The van der Waals surface area contributed by atoms with Crippen LogP contribution in [-0.2, 0) is 16.0 Å². The fourth-order valence-corrected chi connectivity index (χ4v) is 2.96. The van der Waals surface area contributed by atoms with Crippen LogP contribution >= 0.6 is 0 Å². The number of benzene rings is 2. The third-order valence-electron chi connectivity index (χ3n) is 4.69. The number of methoxy groups -OCH3 is 1. The number of carbonyl (C=O) groups is 1. The molecule has 0 heterocycles. The molecule has 0 radical (unpaired) electrons. The number of carbonyl (C=O) groups excluding carboxylic acids is 1. The molecular weight excluding hydrogens is 368 g/mol. The summed E-state index contributed by atoms with van der Waals surface area (Å²) in [4.78, 5) is 11.3. The number of nitrogens with two attached hydrogens (primary N) is 2. The van der Waals surface area contributed by atoms with Crippen molar-refractivity contribution in [3.63, 3.8) is 0 Å². The second-order valence-electron chi connectivity index (χ2n) is 7.18. The van der Waals surface area contributed by atoms with Crippen molar-refractivity contribution >= 4 is 12.0 Å². The topological polar surface area (TPSA) is 108 Å². The fourth-order valence-electron chi connectivity index (χ4n) is 2.96. The van der Waals surface area contributed by atoms with Crippen molar-refractivity contribution in [2.75, 3.05) is 7.11 Å². The Kier molecular flexibility index (Phi) is 8.70. The average molecular weight is 399 g/mol. The van der Waals surface area contributed by atoms with Crippen LogP contribution in [0.4, 0.5) is 0 Å². The zero-order valence-electron chi connectivity index (χ0n) is 17.0. The van der Waals surface area contributed by atoms with Gasteiger partial charge >= 0.3 is 5.97 Å². The van der Waals surface area contributed by atoms with E-state index in [9.17, 15) is 9.90 Å². The maximum absolute atomic E-state index is 11.3. The Hall–Kier alpha value is -2.83. The fraction of sp³-hybridized carbons (Fsp3) is 0.348. The highest BCUT2D eigenvalue weighted by Gasteiger charge is 2.19. The van der Waals surface area contributed by atoms with Gasteiger partial charge in [0.05, 0.1) is 7.11 Å². The monoisotopic (exact) mass is 398 g/mol. The Balaban J connectivity index is 1.82. The summed E-state index contributed by atoms with van der Waals surface area (Å²) in [6.07, 6.45) is 2.42. The van der Waals surface area contributed by atoms with Gasteiger partial charge in [-0.1, -0.05) is 49.4 Å². The summed E-state index contributed by atoms with van der Waals surface area (Å²) in [6.45, 7) is 2.10. The van der Waals surface area contributed by atoms with Crippen LogP contribution in [0.15, 0.2) is 60.3 Å². The molecule has 156 valence electrons. The van der Waals surface area contributed by atoms with Gasteiger partial charge in [0.15, 0.2) is 6.23 Å². The van der Waals surface area contributed by atoms with Gasteiger partial charge in [0, 0.05) is 0 Å². The first-order chi connectivity index (χ1) is 13.9. The summed E-state index contributed by atoms with van der Waals surface area (Å²) in [5.41, 5.74) is 13.7. The van der Waals surface area contributed by atoms with Crippen LogP contribution in [0.25, 0.3) is 6.08 Å². The predicted octanol–water partition coefficient (Wildman–Crippen LogP) is 2.84. The first-order valence-electron chi connectivity index (χ1n) is 9.68. The number of rotatable bonds is 10. The Labute approximate surface area is 172 Å². The molecule has 0 aliphatic carbocycles. The van der Waals surface area contributed by atoms with Gasteiger partial charge in [0.2, 0.25) is 0 Å². The van der Waals surface area contributed by atoms with Gasteiger partial charge in [0.1, 0.15) is 17.6 Å². The van der Waals surface area contributed by atoms with Crippen molar-refractivity contribution in [1.29, 1.82) is 0 Å². The maximum Gasteiger partial charge on any atom is 0.353 e. The van der Waals surface area contributed by atoms with E-state index in [4.69, 9.17) is 16.2 Å². The van der Waals surface area contributed by atoms with E-state index in [0.29, 0.717) is 18.1 Å². The second-order valence-corrected chi connectivity index (χ2v) is 7.18. The van der Waals surface area contributed by atoms with E-state index >= 15 is 0 Å². The van der Waals surface area contributed by atoms with Crippen LogP contribution in [0, 0.1) is 5.92 Å². The normalized spacial score (nSPS) is 14.7. The molecule has 6 heteroatoms. The molecule has 29 heavy (non-hydrogen) atoms. The zero-order valence-corrected chi connectivity index (χ0v) is 17.0. The van der Waals surface area contributed by atoms with Crippen molar-refractivity contribution in [2.24, 2.45) is 17.4 Å². The summed E-state index contributed by atoms with van der Waals surface area (Å²) in [6, 6.07) is 17.2. The molecule has 2 aromatic rings. The molecule has 0 aliphatic heterocycles. The Morgan fingerprint density at radius 3 is 2.41 bits per heavy atom. The molecule has 3 atom stereocenters. The number of hydrogen-bond donors (Lipinski definition) is 3. The minimum atomic E-state index is -0.823. The number of ether oxygens (including phenoxy) is 2. The van der Waals surface area contributed by atoms with Crippen LogP contribution in [0.3, 0.4) is 0 Å². The zero-order chi connectivity index (χ0) is 21.2. The van der Waals surface area contributed by atoms with Crippen molar-refractivity contribution < 1.29 is 19.4 Å². The summed E-state index contributed by atoms with van der Waals surface area (Å²) < 4.78 is 10.2. The van der Waals surface area contributed by atoms with E-state index in [1.54, 1.807) is 24.3 Å². The van der Waals surface area contributed by atoms with E-state index in [2.05, 4.69) is 23.8 Å². The minimum Gasteiger partial charge on any atom is -0.473 e. The van der Waals surface area contributed by atoms with Gasteiger partial charge in [0.25, 0.3) is 0 Å². The number of hydrogen-bond acceptors (Lipinski definition) is 6. The SMILES string of the molecule is COC(=O)/C(N)=C/c1ccc(OC(N)C(O)CC(C)CCc2ccccc2)cc1. The third kappa shape index (κ3) is 7.60. The number of aryl methyl sites for hydroxylation is 1. The van der Waals surface area contributed by atoms with Crippen LogP contribution in [0.5, 0.6) is 5.75 Å². The predicted molar refractivity (Wildman–Crippen MR) is 114 cm³/mol. The molecule has 2 rings (SSSR count). The van der Waals surface area contributed by atoms with Crippen molar-refractivity contribution in [2.45, 2.75) is 38.5 Å². The van der Waals surface area contributed by atoms with Gasteiger partial charge in [-0.3, -0.25) is 5.73 Å². The molecule has 0 aliphatic rings. The highest BCUT2D eigenvalue weighted by atomic mass is 16.5. The second kappa shape index (κ2) is 11.2. The summed E-state index contributed by atoms with van der Waals surface area (Å²) >= 11 is 0. The van der Waals surface area contributed by atoms with Gasteiger partial charge in [-0.2, -0.15) is 0 Å². The molecule has 5 N–H and O–H groups in total. The molecule has 0 fully saturated rings. The smallest absolute Gasteiger partial charge is 0.353 e. The summed E-state index contributed by atoms with van der Waals surface area (Å²) in [5.74, 6) is 0.257. The van der Waals surface area contributed by atoms with Gasteiger partial charge in [-0.15, -0.1) is 0 Å². The van der Waals surface area contributed by atoms with Crippen LogP contribution in [-0.4, -0.2) is 30.5 Å². The lowest BCUT2D eigenvalue weighted by atomic mass is 9.95. The molecule has 0 saturated heterocycles. The van der Waals surface area contributed by atoms with E-state index in [1.165, 1.54) is 18.7 Å². The highest BCUT2D eigenvalue weighted by molar-refractivity contribution is 5.92. The van der Waals surface area contributed by atoms with Crippen molar-refractivity contribution in [3.05, 3.63) is 71.4 Å². The molecule has 0 bridgehead atoms. The van der Waals surface area contributed by atoms with Crippen LogP contribution < -0.4 is 16.2 Å².